The van der Waals surface area contributed by atoms with Crippen molar-refractivity contribution in [3.05, 3.63) is 24.3 Å². The van der Waals surface area contributed by atoms with Crippen molar-refractivity contribution >= 4 is 17.4 Å². The summed E-state index contributed by atoms with van der Waals surface area (Å²) in [5.74, 6) is 0.879. The third kappa shape index (κ3) is 2.50. The third-order valence-electron chi connectivity index (χ3n) is 4.71. The second-order valence-electron chi connectivity index (χ2n) is 6.22. The first-order valence-corrected chi connectivity index (χ1v) is 8.51. The van der Waals surface area contributed by atoms with Gasteiger partial charge in [0.2, 0.25) is 0 Å². The van der Waals surface area contributed by atoms with Crippen LogP contribution in [0.5, 0.6) is 0 Å². The smallest absolute Gasteiger partial charge is 0.0507 e. The topological polar surface area (TPSA) is 15.3 Å². The summed E-state index contributed by atoms with van der Waals surface area (Å²) in [5.41, 5.74) is 1.72. The Hall–Kier alpha value is -0.670. The maximum Gasteiger partial charge on any atom is 0.0507 e. The highest BCUT2D eigenvalue weighted by atomic mass is 32.2. The van der Waals surface area contributed by atoms with Crippen LogP contribution >= 0.6 is 11.8 Å². The van der Waals surface area contributed by atoms with Crippen molar-refractivity contribution in [2.75, 3.05) is 24.2 Å². The zero-order valence-electron chi connectivity index (χ0n) is 12.1. The van der Waals surface area contributed by atoms with Gasteiger partial charge in [-0.15, -0.1) is 11.8 Å². The van der Waals surface area contributed by atoms with Gasteiger partial charge in [0, 0.05) is 29.6 Å². The monoisotopic (exact) mass is 276 g/mol. The van der Waals surface area contributed by atoms with Crippen molar-refractivity contribution in [1.29, 1.82) is 0 Å². The average molecular weight is 276 g/mol. The highest BCUT2D eigenvalue weighted by Crippen LogP contribution is 2.43. The van der Waals surface area contributed by atoms with E-state index in [9.17, 15) is 0 Å². The number of para-hydroxylation sites is 1. The second-order valence-corrected chi connectivity index (χ2v) is 7.07. The molecule has 2 unspecified atom stereocenters. The van der Waals surface area contributed by atoms with Crippen LogP contribution in [0.25, 0.3) is 0 Å². The Labute approximate surface area is 121 Å². The van der Waals surface area contributed by atoms with Crippen LogP contribution in [0, 0.1) is 5.92 Å². The van der Waals surface area contributed by atoms with E-state index in [-0.39, 0.29) is 0 Å². The minimum atomic E-state index is 0.304. The Morgan fingerprint density at radius 2 is 2.05 bits per heavy atom. The lowest BCUT2D eigenvalue weighted by Gasteiger charge is -2.47. The molecule has 2 nitrogen and oxygen atoms in total. The summed E-state index contributed by atoms with van der Waals surface area (Å²) in [6.07, 6.45) is 4.97. The standard InChI is InChI=1S/C16H24N2S/c1-12-10-17-16(2,13-8-9-13)11-18(12)14-6-4-5-7-15(14)19-3/h4-7,12-13,17H,8-11H2,1-3H3. The lowest BCUT2D eigenvalue weighted by molar-refractivity contribution is 0.260. The van der Waals surface area contributed by atoms with Crippen molar-refractivity contribution in [2.24, 2.45) is 5.92 Å². The highest BCUT2D eigenvalue weighted by Gasteiger charge is 2.45. The first-order chi connectivity index (χ1) is 9.14. The number of piperazine rings is 1. The Morgan fingerprint density at radius 1 is 1.32 bits per heavy atom. The van der Waals surface area contributed by atoms with Gasteiger partial charge in [-0.25, -0.2) is 0 Å². The van der Waals surface area contributed by atoms with Gasteiger partial charge in [-0.2, -0.15) is 0 Å². The first kappa shape index (κ1) is 13.3. The van der Waals surface area contributed by atoms with Crippen LogP contribution in [0.2, 0.25) is 0 Å². The number of hydrogen-bond acceptors (Lipinski definition) is 3. The van der Waals surface area contributed by atoms with E-state index in [1.165, 1.54) is 23.4 Å². The molecule has 0 spiro atoms. The number of hydrogen-bond donors (Lipinski definition) is 1. The van der Waals surface area contributed by atoms with E-state index in [2.05, 4.69) is 54.6 Å². The number of thioether (sulfide) groups is 1. The molecule has 1 saturated heterocycles. The fraction of sp³-hybridized carbons (Fsp3) is 0.625. The van der Waals surface area contributed by atoms with Crippen LogP contribution in [0.15, 0.2) is 29.2 Å². The van der Waals surface area contributed by atoms with E-state index in [0.717, 1.165) is 19.0 Å². The zero-order chi connectivity index (χ0) is 13.5. The number of anilines is 1. The predicted molar refractivity (Wildman–Crippen MR) is 84.2 cm³/mol. The average Bonchev–Trinajstić information content (AvgIpc) is 3.27. The van der Waals surface area contributed by atoms with Crippen LogP contribution in [0.1, 0.15) is 26.7 Å². The molecule has 104 valence electrons. The highest BCUT2D eigenvalue weighted by molar-refractivity contribution is 7.98. The lowest BCUT2D eigenvalue weighted by atomic mass is 9.91. The van der Waals surface area contributed by atoms with Gasteiger partial charge in [0.1, 0.15) is 0 Å². The minimum Gasteiger partial charge on any atom is -0.365 e. The van der Waals surface area contributed by atoms with Gasteiger partial charge >= 0.3 is 0 Å². The Kier molecular flexibility index (Phi) is 3.52. The van der Waals surface area contributed by atoms with Crippen LogP contribution in [0.3, 0.4) is 0 Å². The molecule has 0 aromatic heterocycles. The molecule has 3 rings (SSSR count). The molecule has 1 aliphatic carbocycles. The van der Waals surface area contributed by atoms with E-state index in [0.29, 0.717) is 11.6 Å². The number of nitrogens with one attached hydrogen (secondary N) is 1. The summed E-state index contributed by atoms with van der Waals surface area (Å²) < 4.78 is 0. The molecular weight excluding hydrogens is 252 g/mol. The Balaban J connectivity index is 1.88. The summed E-state index contributed by atoms with van der Waals surface area (Å²) in [7, 11) is 0. The predicted octanol–water partition coefficient (Wildman–Crippen LogP) is 3.38. The molecule has 1 aliphatic heterocycles. The van der Waals surface area contributed by atoms with Crippen LogP contribution in [-0.2, 0) is 0 Å². The maximum absolute atomic E-state index is 3.80. The number of benzene rings is 1. The molecule has 19 heavy (non-hydrogen) atoms. The van der Waals surface area contributed by atoms with Gasteiger partial charge < -0.3 is 10.2 Å². The van der Waals surface area contributed by atoms with E-state index in [1.54, 1.807) is 0 Å². The van der Waals surface area contributed by atoms with E-state index in [1.807, 2.05) is 11.8 Å². The molecule has 1 N–H and O–H groups in total. The van der Waals surface area contributed by atoms with E-state index in [4.69, 9.17) is 0 Å². The van der Waals surface area contributed by atoms with Gasteiger partial charge in [-0.1, -0.05) is 12.1 Å². The Morgan fingerprint density at radius 3 is 2.74 bits per heavy atom. The fourth-order valence-electron chi connectivity index (χ4n) is 3.24. The molecule has 3 heteroatoms. The summed E-state index contributed by atoms with van der Waals surface area (Å²) in [6.45, 7) is 6.97. The quantitative estimate of drug-likeness (QED) is 0.852. The van der Waals surface area contributed by atoms with Crippen LogP contribution in [0.4, 0.5) is 5.69 Å². The summed E-state index contributed by atoms with van der Waals surface area (Å²) >= 11 is 1.85. The molecule has 0 bridgehead atoms. The minimum absolute atomic E-state index is 0.304. The summed E-state index contributed by atoms with van der Waals surface area (Å²) in [5, 5.41) is 3.80. The third-order valence-corrected chi connectivity index (χ3v) is 5.49. The summed E-state index contributed by atoms with van der Waals surface area (Å²) in [4.78, 5) is 4.01. The van der Waals surface area contributed by atoms with Crippen molar-refractivity contribution in [1.82, 2.24) is 5.32 Å². The van der Waals surface area contributed by atoms with Crippen molar-refractivity contribution < 1.29 is 0 Å². The van der Waals surface area contributed by atoms with E-state index < -0.39 is 0 Å². The zero-order valence-corrected chi connectivity index (χ0v) is 13.0. The molecule has 1 aromatic carbocycles. The maximum atomic E-state index is 3.80. The molecule has 1 heterocycles. The Bertz CT molecular complexity index is 458. The SMILES string of the molecule is CSc1ccccc1N1CC(C)(C2CC2)NCC1C. The van der Waals surface area contributed by atoms with Gasteiger partial charge in [0.15, 0.2) is 0 Å². The van der Waals surface area contributed by atoms with Crippen molar-refractivity contribution in [3.63, 3.8) is 0 Å². The molecule has 1 aromatic rings. The molecule has 2 atom stereocenters. The molecular formula is C16H24N2S. The normalized spacial score (nSPS) is 31.5. The molecule has 1 saturated carbocycles. The van der Waals surface area contributed by atoms with Gasteiger partial charge in [-0.3, -0.25) is 0 Å². The fourth-order valence-corrected chi connectivity index (χ4v) is 3.85. The largest absolute Gasteiger partial charge is 0.365 e. The number of rotatable bonds is 3. The van der Waals surface area contributed by atoms with Gasteiger partial charge in [0.25, 0.3) is 0 Å². The first-order valence-electron chi connectivity index (χ1n) is 7.29. The lowest BCUT2D eigenvalue weighted by Crippen LogP contribution is -2.63. The number of nitrogens with zero attached hydrogens (tertiary/aromatic N) is 1. The molecule has 2 aliphatic rings. The molecule has 0 amide bonds. The molecule has 2 fully saturated rings. The second kappa shape index (κ2) is 5.02. The van der Waals surface area contributed by atoms with Crippen LogP contribution < -0.4 is 10.2 Å². The summed E-state index contributed by atoms with van der Waals surface area (Å²) in [6, 6.07) is 9.39. The van der Waals surface area contributed by atoms with E-state index >= 15 is 0 Å². The van der Waals surface area contributed by atoms with Gasteiger partial charge in [0.05, 0.1) is 5.69 Å². The van der Waals surface area contributed by atoms with Crippen molar-refractivity contribution in [3.8, 4) is 0 Å². The van der Waals surface area contributed by atoms with Gasteiger partial charge in [-0.05, 0) is 51.0 Å². The van der Waals surface area contributed by atoms with Crippen LogP contribution in [-0.4, -0.2) is 30.9 Å². The molecule has 0 radical (unpaired) electrons. The van der Waals surface area contributed by atoms with Crippen molar-refractivity contribution in [2.45, 2.75) is 43.2 Å².